The monoisotopic (exact) mass is 284 g/mol. The molecule has 0 aromatic heterocycles. The van der Waals surface area contributed by atoms with Gasteiger partial charge in [0.1, 0.15) is 0 Å². The molecule has 0 aliphatic heterocycles. The van der Waals surface area contributed by atoms with Gasteiger partial charge in [0, 0.05) is 6.04 Å². The molecule has 0 heterocycles. The van der Waals surface area contributed by atoms with Crippen molar-refractivity contribution in [2.24, 2.45) is 5.41 Å². The molecule has 1 saturated carbocycles. The predicted octanol–water partition coefficient (Wildman–Crippen LogP) is 2.16. The van der Waals surface area contributed by atoms with Gasteiger partial charge in [0.05, 0.1) is 12.0 Å². The number of carbonyl (C=O) groups excluding carboxylic acids is 1. The number of nitrogens with zero attached hydrogens (tertiary/aromatic N) is 1. The molecule has 1 rings (SSSR count). The quantitative estimate of drug-likeness (QED) is 0.786. The minimum atomic E-state index is -0.756. The molecule has 118 valence electrons. The van der Waals surface area contributed by atoms with Gasteiger partial charge in [-0.2, -0.15) is 0 Å². The van der Waals surface area contributed by atoms with Crippen molar-refractivity contribution in [3.8, 4) is 0 Å². The Bertz CT molecular complexity index is 315. The van der Waals surface area contributed by atoms with Crippen molar-refractivity contribution in [2.75, 3.05) is 20.6 Å². The third-order valence-corrected chi connectivity index (χ3v) is 4.27. The summed E-state index contributed by atoms with van der Waals surface area (Å²) in [6, 6.07) is 0.141. The summed E-state index contributed by atoms with van der Waals surface area (Å²) in [5.74, 6) is -0.00641. The lowest BCUT2D eigenvalue weighted by Crippen LogP contribution is -2.47. The molecule has 0 radical (unpaired) electrons. The highest BCUT2D eigenvalue weighted by molar-refractivity contribution is 5.77. The summed E-state index contributed by atoms with van der Waals surface area (Å²) >= 11 is 0. The fourth-order valence-corrected chi connectivity index (χ4v) is 2.86. The highest BCUT2D eigenvalue weighted by Gasteiger charge is 2.35. The summed E-state index contributed by atoms with van der Waals surface area (Å²) in [6.07, 6.45) is 4.78. The molecule has 2 N–H and O–H groups in total. The number of rotatable bonds is 6. The Labute approximate surface area is 123 Å². The van der Waals surface area contributed by atoms with Crippen molar-refractivity contribution in [2.45, 2.75) is 70.9 Å². The van der Waals surface area contributed by atoms with E-state index >= 15 is 0 Å². The molecule has 1 atom stereocenters. The fourth-order valence-electron chi connectivity index (χ4n) is 2.86. The smallest absolute Gasteiger partial charge is 0.223 e. The predicted molar refractivity (Wildman–Crippen MR) is 82.6 cm³/mol. The fraction of sp³-hybridized carbons (Fsp3) is 0.938. The zero-order valence-corrected chi connectivity index (χ0v) is 13.8. The van der Waals surface area contributed by atoms with E-state index < -0.39 is 5.60 Å². The molecule has 4 nitrogen and oxygen atoms in total. The molecule has 0 aromatic carbocycles. The van der Waals surface area contributed by atoms with Crippen molar-refractivity contribution in [1.82, 2.24) is 10.2 Å². The van der Waals surface area contributed by atoms with E-state index in [1.165, 1.54) is 0 Å². The van der Waals surface area contributed by atoms with Crippen LogP contribution in [0.2, 0.25) is 0 Å². The van der Waals surface area contributed by atoms with Gasteiger partial charge in [-0.1, -0.05) is 33.6 Å². The Morgan fingerprint density at radius 3 is 2.30 bits per heavy atom. The van der Waals surface area contributed by atoms with Crippen molar-refractivity contribution < 1.29 is 9.90 Å². The van der Waals surface area contributed by atoms with Gasteiger partial charge in [-0.05, 0) is 45.3 Å². The molecule has 1 amide bonds. The van der Waals surface area contributed by atoms with Gasteiger partial charge in [0.2, 0.25) is 5.91 Å². The minimum Gasteiger partial charge on any atom is -0.389 e. The first-order valence-corrected chi connectivity index (χ1v) is 7.79. The van der Waals surface area contributed by atoms with E-state index in [2.05, 4.69) is 31.0 Å². The third-order valence-electron chi connectivity index (χ3n) is 4.27. The van der Waals surface area contributed by atoms with Crippen LogP contribution in [0.25, 0.3) is 0 Å². The van der Waals surface area contributed by atoms with Crippen LogP contribution in [0.15, 0.2) is 0 Å². The molecule has 0 bridgehead atoms. The Hall–Kier alpha value is -0.610. The third kappa shape index (κ3) is 5.80. The largest absolute Gasteiger partial charge is 0.389 e. The van der Waals surface area contributed by atoms with E-state index in [9.17, 15) is 9.90 Å². The maximum Gasteiger partial charge on any atom is 0.223 e. The molecule has 4 heteroatoms. The first-order chi connectivity index (χ1) is 9.12. The number of amides is 1. The normalized spacial score (nSPS) is 20.1. The molecule has 1 unspecified atom stereocenters. The van der Waals surface area contributed by atoms with Gasteiger partial charge in [0.25, 0.3) is 0 Å². The van der Waals surface area contributed by atoms with Crippen LogP contribution >= 0.6 is 0 Å². The zero-order valence-electron chi connectivity index (χ0n) is 13.8. The second-order valence-corrected chi connectivity index (χ2v) is 7.69. The summed E-state index contributed by atoms with van der Waals surface area (Å²) in [5, 5.41) is 13.5. The molecular weight excluding hydrogens is 252 g/mol. The van der Waals surface area contributed by atoms with Gasteiger partial charge in [0.15, 0.2) is 0 Å². The molecule has 1 aliphatic carbocycles. The lowest BCUT2D eigenvalue weighted by molar-refractivity contribution is -0.127. The molecule has 0 aromatic rings. The minimum absolute atomic E-state index is 0.00641. The average molecular weight is 284 g/mol. The van der Waals surface area contributed by atoms with E-state index in [4.69, 9.17) is 0 Å². The molecule has 0 spiro atoms. The average Bonchev–Trinajstić information content (AvgIpc) is 2.68. The Morgan fingerprint density at radius 2 is 1.85 bits per heavy atom. The highest BCUT2D eigenvalue weighted by Crippen LogP contribution is 2.32. The lowest BCUT2D eigenvalue weighted by Gasteiger charge is -2.33. The maximum absolute atomic E-state index is 12.2. The molecule has 20 heavy (non-hydrogen) atoms. The lowest BCUT2D eigenvalue weighted by atomic mass is 9.84. The molecule has 0 saturated heterocycles. The highest BCUT2D eigenvalue weighted by atomic mass is 16.3. The standard InChI is InChI=1S/C16H32N2O2/c1-15(2,3)13(8-11-18(4)5)17-14(19)12-16(20)9-6-7-10-16/h13,20H,6-12H2,1-5H3,(H,17,19). The van der Waals surface area contributed by atoms with Crippen LogP contribution in [0.1, 0.15) is 59.3 Å². The van der Waals surface area contributed by atoms with E-state index in [0.29, 0.717) is 0 Å². The van der Waals surface area contributed by atoms with Crippen LogP contribution in [-0.2, 0) is 4.79 Å². The van der Waals surface area contributed by atoms with Gasteiger partial charge in [-0.25, -0.2) is 0 Å². The summed E-state index contributed by atoms with van der Waals surface area (Å²) in [4.78, 5) is 14.4. The second-order valence-electron chi connectivity index (χ2n) is 7.69. The van der Waals surface area contributed by atoms with Gasteiger partial charge < -0.3 is 15.3 Å². The summed E-state index contributed by atoms with van der Waals surface area (Å²) < 4.78 is 0. The number of hydrogen-bond donors (Lipinski definition) is 2. The van der Waals surface area contributed by atoms with E-state index in [1.807, 2.05) is 14.1 Å². The van der Waals surface area contributed by atoms with E-state index in [0.717, 1.165) is 38.6 Å². The van der Waals surface area contributed by atoms with Crippen LogP contribution in [-0.4, -0.2) is 48.2 Å². The number of aliphatic hydroxyl groups is 1. The Morgan fingerprint density at radius 1 is 1.30 bits per heavy atom. The van der Waals surface area contributed by atoms with Crippen LogP contribution in [0.3, 0.4) is 0 Å². The molecular formula is C16H32N2O2. The van der Waals surface area contributed by atoms with Crippen molar-refractivity contribution in [1.29, 1.82) is 0 Å². The van der Waals surface area contributed by atoms with Gasteiger partial charge >= 0.3 is 0 Å². The number of nitrogens with one attached hydrogen (secondary N) is 1. The van der Waals surface area contributed by atoms with Crippen LogP contribution in [0.4, 0.5) is 0 Å². The number of hydrogen-bond acceptors (Lipinski definition) is 3. The SMILES string of the molecule is CN(C)CCC(NC(=O)CC1(O)CCCC1)C(C)(C)C. The first-order valence-electron chi connectivity index (χ1n) is 7.79. The zero-order chi connectivity index (χ0) is 15.4. The first kappa shape index (κ1) is 17.4. The molecule has 1 fully saturated rings. The van der Waals surface area contributed by atoms with Crippen LogP contribution < -0.4 is 5.32 Å². The van der Waals surface area contributed by atoms with Gasteiger partial charge in [-0.15, -0.1) is 0 Å². The Balaban J connectivity index is 2.53. The van der Waals surface area contributed by atoms with Crippen LogP contribution in [0.5, 0.6) is 0 Å². The summed E-state index contributed by atoms with van der Waals surface area (Å²) in [6.45, 7) is 7.40. The molecule has 1 aliphatic rings. The summed E-state index contributed by atoms with van der Waals surface area (Å²) in [7, 11) is 4.09. The van der Waals surface area contributed by atoms with Crippen LogP contribution in [0, 0.1) is 5.41 Å². The summed E-state index contributed by atoms with van der Waals surface area (Å²) in [5.41, 5.74) is -0.724. The van der Waals surface area contributed by atoms with Crippen molar-refractivity contribution in [3.05, 3.63) is 0 Å². The Kier molecular flexibility index (Phi) is 6.02. The van der Waals surface area contributed by atoms with Gasteiger partial charge in [-0.3, -0.25) is 4.79 Å². The number of carbonyl (C=O) groups is 1. The van der Waals surface area contributed by atoms with Crippen molar-refractivity contribution >= 4 is 5.91 Å². The maximum atomic E-state index is 12.2. The van der Waals surface area contributed by atoms with Crippen molar-refractivity contribution in [3.63, 3.8) is 0 Å². The van der Waals surface area contributed by atoms with E-state index in [-0.39, 0.29) is 23.8 Å². The second kappa shape index (κ2) is 6.90. The topological polar surface area (TPSA) is 52.6 Å². The van der Waals surface area contributed by atoms with E-state index in [1.54, 1.807) is 0 Å².